The molecule has 0 N–H and O–H groups in total. The molecule has 0 saturated carbocycles. The van der Waals surface area contributed by atoms with Crippen LogP contribution in [0.3, 0.4) is 0 Å². The van der Waals surface area contributed by atoms with Gasteiger partial charge in [-0.2, -0.15) is 0 Å². The first-order valence-corrected chi connectivity index (χ1v) is 11.7. The Bertz CT molecular complexity index is 1230. The first-order chi connectivity index (χ1) is 15.0. The number of aromatic nitrogens is 1. The summed E-state index contributed by atoms with van der Waals surface area (Å²) in [5, 5.41) is 2.99. The van der Waals surface area contributed by atoms with Crippen LogP contribution in [-0.4, -0.2) is 42.0 Å². The Morgan fingerprint density at radius 2 is 1.68 bits per heavy atom. The van der Waals surface area contributed by atoms with E-state index in [2.05, 4.69) is 56.9 Å². The lowest BCUT2D eigenvalue weighted by molar-refractivity contribution is 0.0984. The molecule has 0 saturated heterocycles. The van der Waals surface area contributed by atoms with Crippen LogP contribution < -0.4 is 4.90 Å². The van der Waals surface area contributed by atoms with Gasteiger partial charge in [0.25, 0.3) is 5.91 Å². The minimum atomic E-state index is 0.00587. The van der Waals surface area contributed by atoms with Crippen LogP contribution in [0.25, 0.3) is 21.0 Å². The number of thiazole rings is 1. The third-order valence-electron chi connectivity index (χ3n) is 5.83. The molecule has 1 heterocycles. The summed E-state index contributed by atoms with van der Waals surface area (Å²) >= 11 is 1.60. The molecule has 0 bridgehead atoms. The third-order valence-corrected chi connectivity index (χ3v) is 6.85. The summed E-state index contributed by atoms with van der Waals surface area (Å²) < 4.78 is 1.13. The fourth-order valence-electron chi connectivity index (χ4n) is 4.02. The summed E-state index contributed by atoms with van der Waals surface area (Å²) in [6.07, 6.45) is 0. The Hall–Kier alpha value is -2.76. The summed E-state index contributed by atoms with van der Waals surface area (Å²) in [7, 11) is 0. The van der Waals surface area contributed by atoms with E-state index in [1.165, 1.54) is 5.56 Å². The van der Waals surface area contributed by atoms with E-state index in [1.807, 2.05) is 35.2 Å². The number of anilines is 1. The lowest BCUT2D eigenvalue weighted by atomic mass is 10.1. The molecule has 5 heteroatoms. The van der Waals surface area contributed by atoms with Crippen LogP contribution in [0.2, 0.25) is 0 Å². The molecule has 1 aromatic heterocycles. The Labute approximate surface area is 188 Å². The maximum absolute atomic E-state index is 13.7. The van der Waals surface area contributed by atoms with Crippen molar-refractivity contribution in [3.05, 3.63) is 71.3 Å². The lowest BCUT2D eigenvalue weighted by Crippen LogP contribution is -2.38. The monoisotopic (exact) mass is 431 g/mol. The molecule has 0 atom stereocenters. The maximum atomic E-state index is 13.7. The average molecular weight is 432 g/mol. The van der Waals surface area contributed by atoms with Gasteiger partial charge in [0, 0.05) is 18.7 Å². The zero-order valence-electron chi connectivity index (χ0n) is 18.7. The summed E-state index contributed by atoms with van der Waals surface area (Å²) in [6.45, 7) is 11.9. The number of likely N-dealkylation sites (N-methyl/N-ethyl adjacent to an activating group) is 1. The van der Waals surface area contributed by atoms with Gasteiger partial charge < -0.3 is 4.90 Å². The molecular weight excluding hydrogens is 402 g/mol. The molecule has 0 aliphatic heterocycles. The summed E-state index contributed by atoms with van der Waals surface area (Å²) in [6, 6.07) is 18.4. The van der Waals surface area contributed by atoms with Crippen molar-refractivity contribution in [1.29, 1.82) is 0 Å². The van der Waals surface area contributed by atoms with Crippen LogP contribution in [-0.2, 0) is 0 Å². The smallest absolute Gasteiger partial charge is 0.260 e. The molecule has 0 fully saturated rings. The first kappa shape index (κ1) is 21.5. The van der Waals surface area contributed by atoms with Crippen molar-refractivity contribution in [1.82, 2.24) is 9.88 Å². The van der Waals surface area contributed by atoms with Gasteiger partial charge in [-0.1, -0.05) is 61.6 Å². The second kappa shape index (κ2) is 9.16. The van der Waals surface area contributed by atoms with Crippen LogP contribution in [0.5, 0.6) is 0 Å². The summed E-state index contributed by atoms with van der Waals surface area (Å²) in [5.74, 6) is 0.00587. The summed E-state index contributed by atoms with van der Waals surface area (Å²) in [4.78, 5) is 22.8. The van der Waals surface area contributed by atoms with Gasteiger partial charge >= 0.3 is 0 Å². The van der Waals surface area contributed by atoms with Crippen LogP contribution in [0.15, 0.2) is 54.6 Å². The molecule has 4 nitrogen and oxygen atoms in total. The Balaban J connectivity index is 1.74. The van der Waals surface area contributed by atoms with E-state index in [4.69, 9.17) is 4.98 Å². The number of carbonyl (C=O) groups excluding carboxylic acids is 1. The van der Waals surface area contributed by atoms with E-state index in [9.17, 15) is 4.79 Å². The Kier molecular flexibility index (Phi) is 6.35. The van der Waals surface area contributed by atoms with Gasteiger partial charge in [-0.25, -0.2) is 4.98 Å². The average Bonchev–Trinajstić information content (AvgIpc) is 3.20. The zero-order valence-corrected chi connectivity index (χ0v) is 19.5. The standard InChI is InChI=1S/C26H29N3OS/c1-5-28(6-2)13-14-29(26-27-24-19(4)15-18(3)16-23(24)31-26)25(30)22-12-11-20-9-7-8-10-21(20)17-22/h7-12,15-17H,5-6,13-14H2,1-4H3. The van der Waals surface area contributed by atoms with E-state index >= 15 is 0 Å². The molecule has 4 rings (SSSR count). The highest BCUT2D eigenvalue weighted by atomic mass is 32.1. The third kappa shape index (κ3) is 4.48. The zero-order chi connectivity index (χ0) is 22.0. The summed E-state index contributed by atoms with van der Waals surface area (Å²) in [5.41, 5.74) is 4.06. The molecule has 3 aromatic carbocycles. The fraction of sp³-hybridized carbons (Fsp3) is 0.308. The number of aryl methyl sites for hydroxylation is 2. The molecule has 0 unspecified atom stereocenters. The van der Waals surface area contributed by atoms with Gasteiger partial charge in [-0.15, -0.1) is 0 Å². The molecule has 0 spiro atoms. The highest BCUT2D eigenvalue weighted by molar-refractivity contribution is 7.22. The number of fused-ring (bicyclic) bond motifs is 2. The van der Waals surface area contributed by atoms with Crippen LogP contribution >= 0.6 is 11.3 Å². The number of rotatable bonds is 7. The minimum Gasteiger partial charge on any atom is -0.302 e. The topological polar surface area (TPSA) is 36.4 Å². The molecular formula is C26H29N3OS. The molecule has 4 aromatic rings. The van der Waals surface area contributed by atoms with E-state index in [1.54, 1.807) is 11.3 Å². The van der Waals surface area contributed by atoms with E-state index in [0.29, 0.717) is 12.1 Å². The number of hydrogen-bond acceptors (Lipinski definition) is 4. The van der Waals surface area contributed by atoms with E-state index < -0.39 is 0 Å². The minimum absolute atomic E-state index is 0.00587. The van der Waals surface area contributed by atoms with Crippen molar-refractivity contribution in [3.8, 4) is 0 Å². The molecule has 0 aliphatic carbocycles. The van der Waals surface area contributed by atoms with E-state index in [-0.39, 0.29) is 5.91 Å². The Morgan fingerprint density at radius 1 is 0.935 bits per heavy atom. The van der Waals surface area contributed by atoms with Crippen molar-refractivity contribution >= 4 is 43.4 Å². The number of amides is 1. The molecule has 0 aliphatic rings. The molecule has 160 valence electrons. The second-order valence-corrected chi connectivity index (χ2v) is 8.98. The molecule has 31 heavy (non-hydrogen) atoms. The van der Waals surface area contributed by atoms with E-state index in [0.717, 1.165) is 51.3 Å². The maximum Gasteiger partial charge on any atom is 0.260 e. The Morgan fingerprint density at radius 3 is 2.42 bits per heavy atom. The highest BCUT2D eigenvalue weighted by Crippen LogP contribution is 2.32. The van der Waals surface area contributed by atoms with Crippen LogP contribution in [0.4, 0.5) is 5.13 Å². The van der Waals surface area contributed by atoms with Gasteiger partial charge in [0.2, 0.25) is 0 Å². The number of benzene rings is 3. The number of nitrogens with zero attached hydrogens (tertiary/aromatic N) is 3. The molecule has 1 amide bonds. The van der Waals surface area contributed by atoms with Crippen molar-refractivity contribution in [3.63, 3.8) is 0 Å². The van der Waals surface area contributed by atoms with Gasteiger partial charge in [-0.3, -0.25) is 9.69 Å². The first-order valence-electron chi connectivity index (χ1n) is 10.9. The normalized spacial score (nSPS) is 11.5. The predicted molar refractivity (Wildman–Crippen MR) is 133 cm³/mol. The van der Waals surface area contributed by atoms with Gasteiger partial charge in [0.15, 0.2) is 5.13 Å². The van der Waals surface area contributed by atoms with Gasteiger partial charge in [0.1, 0.15) is 0 Å². The quantitative estimate of drug-likeness (QED) is 0.357. The molecule has 0 radical (unpaired) electrons. The SMILES string of the molecule is CCN(CC)CCN(C(=O)c1ccc2ccccc2c1)c1nc2c(C)cc(C)cc2s1. The van der Waals surface area contributed by atoms with Crippen molar-refractivity contribution in [2.24, 2.45) is 0 Å². The largest absolute Gasteiger partial charge is 0.302 e. The number of carbonyl (C=O) groups is 1. The van der Waals surface area contributed by atoms with Crippen molar-refractivity contribution in [2.45, 2.75) is 27.7 Å². The van der Waals surface area contributed by atoms with Crippen molar-refractivity contribution < 1.29 is 4.79 Å². The second-order valence-electron chi connectivity index (χ2n) is 7.97. The fourth-order valence-corrected chi connectivity index (χ4v) is 5.18. The highest BCUT2D eigenvalue weighted by Gasteiger charge is 2.22. The number of hydrogen-bond donors (Lipinski definition) is 0. The van der Waals surface area contributed by atoms with Gasteiger partial charge in [0.05, 0.1) is 10.2 Å². The lowest BCUT2D eigenvalue weighted by Gasteiger charge is -2.25. The van der Waals surface area contributed by atoms with Crippen LogP contribution in [0, 0.1) is 13.8 Å². The van der Waals surface area contributed by atoms with Crippen molar-refractivity contribution in [2.75, 3.05) is 31.1 Å². The predicted octanol–water partition coefficient (Wildman–Crippen LogP) is 6.05. The van der Waals surface area contributed by atoms with Crippen LogP contribution in [0.1, 0.15) is 35.3 Å². The van der Waals surface area contributed by atoms with Gasteiger partial charge in [-0.05, 0) is 67.0 Å².